The van der Waals surface area contributed by atoms with Gasteiger partial charge in [0.05, 0.1) is 26.4 Å². The number of ether oxygens (including phenoxy) is 5. The first kappa shape index (κ1) is 41.9. The zero-order valence-electron chi connectivity index (χ0n) is 34.7. The van der Waals surface area contributed by atoms with Crippen molar-refractivity contribution < 1.29 is 28.8 Å². The molecule has 0 saturated heterocycles. The molecule has 6 nitrogen and oxygen atoms in total. The van der Waals surface area contributed by atoms with Crippen LogP contribution in [-0.2, 0) is 22.3 Å². The predicted molar refractivity (Wildman–Crippen MR) is 222 cm³/mol. The summed E-state index contributed by atoms with van der Waals surface area (Å²) in [6, 6.07) is 8.61. The Bertz CT molecular complexity index is 1600. The Morgan fingerprint density at radius 1 is 0.741 bits per heavy atom. The summed E-state index contributed by atoms with van der Waals surface area (Å²) in [5.41, 5.74) is 8.20. The lowest BCUT2D eigenvalue weighted by atomic mass is 9.68. The SMILES string of the molecule is C=C(C)[C@@H]1CCC(C)=C[C@H]1c1c(O)cc(CCCCC)cc1OCCOCCOCCOc1cc(CCCCC)cc2c1[C@@H]1C=C(C)CC[C@H]1C(C)(C)O2. The van der Waals surface area contributed by atoms with Gasteiger partial charge in [-0.2, -0.15) is 0 Å². The van der Waals surface area contributed by atoms with Crippen molar-refractivity contribution in [3.05, 3.63) is 82.0 Å². The highest BCUT2D eigenvalue weighted by molar-refractivity contribution is 5.55. The van der Waals surface area contributed by atoms with Gasteiger partial charge >= 0.3 is 0 Å². The zero-order chi connectivity index (χ0) is 38.7. The number of allylic oxidation sites excluding steroid dienone is 5. The van der Waals surface area contributed by atoms with Gasteiger partial charge in [0.2, 0.25) is 0 Å². The molecule has 5 rings (SSSR count). The number of unbranched alkanes of at least 4 members (excludes halogenated alkanes) is 4. The van der Waals surface area contributed by atoms with Crippen LogP contribution in [0.3, 0.4) is 0 Å². The van der Waals surface area contributed by atoms with E-state index in [0.29, 0.717) is 57.2 Å². The van der Waals surface area contributed by atoms with Crippen LogP contribution in [0.15, 0.2) is 59.7 Å². The first-order valence-corrected chi connectivity index (χ1v) is 21.1. The Kier molecular flexibility index (Phi) is 15.6. The second-order valence-corrected chi connectivity index (χ2v) is 16.8. The minimum atomic E-state index is -0.218. The van der Waals surface area contributed by atoms with Crippen LogP contribution in [0.5, 0.6) is 23.0 Å². The normalized spacial score (nSPS) is 21.7. The molecule has 4 atom stereocenters. The highest BCUT2D eigenvalue weighted by atomic mass is 16.6. The lowest BCUT2D eigenvalue weighted by molar-refractivity contribution is 0.00921. The van der Waals surface area contributed by atoms with Gasteiger partial charge in [-0.05, 0) is 127 Å². The fraction of sp³-hybridized carbons (Fsp3) is 0.625. The van der Waals surface area contributed by atoms with Crippen molar-refractivity contribution in [1.29, 1.82) is 0 Å². The molecule has 2 aromatic carbocycles. The number of phenolic OH excluding ortho intramolecular Hbond substituents is 1. The van der Waals surface area contributed by atoms with E-state index in [9.17, 15) is 5.11 Å². The van der Waals surface area contributed by atoms with E-state index in [1.54, 1.807) is 0 Å². The van der Waals surface area contributed by atoms with E-state index in [2.05, 4.69) is 85.4 Å². The van der Waals surface area contributed by atoms with Crippen LogP contribution in [0.2, 0.25) is 0 Å². The van der Waals surface area contributed by atoms with Crippen molar-refractivity contribution >= 4 is 0 Å². The van der Waals surface area contributed by atoms with Crippen LogP contribution in [0.1, 0.15) is 147 Å². The number of rotatable bonds is 21. The maximum atomic E-state index is 11.4. The van der Waals surface area contributed by atoms with Crippen molar-refractivity contribution in [3.63, 3.8) is 0 Å². The summed E-state index contributed by atoms with van der Waals surface area (Å²) in [7, 11) is 0. The van der Waals surface area contributed by atoms with Gasteiger partial charge in [0, 0.05) is 28.9 Å². The monoisotopic (exact) mass is 743 g/mol. The number of phenols is 1. The van der Waals surface area contributed by atoms with Crippen molar-refractivity contribution in [2.75, 3.05) is 39.6 Å². The van der Waals surface area contributed by atoms with Gasteiger partial charge < -0.3 is 28.8 Å². The second-order valence-electron chi connectivity index (χ2n) is 16.8. The molecule has 1 N–H and O–H groups in total. The third-order valence-corrected chi connectivity index (χ3v) is 11.9. The molecule has 1 heterocycles. The molecule has 298 valence electrons. The summed E-state index contributed by atoms with van der Waals surface area (Å²) in [5.74, 6) is 4.06. The summed E-state index contributed by atoms with van der Waals surface area (Å²) in [5, 5.41) is 11.4. The third-order valence-electron chi connectivity index (χ3n) is 11.9. The van der Waals surface area contributed by atoms with Gasteiger partial charge in [-0.15, -0.1) is 0 Å². The van der Waals surface area contributed by atoms with Crippen LogP contribution in [-0.4, -0.2) is 50.3 Å². The van der Waals surface area contributed by atoms with E-state index >= 15 is 0 Å². The average molecular weight is 743 g/mol. The lowest BCUT2D eigenvalue weighted by Gasteiger charge is -2.46. The Hall–Kier alpha value is -3.22. The van der Waals surface area contributed by atoms with Crippen LogP contribution in [0.4, 0.5) is 0 Å². The van der Waals surface area contributed by atoms with Gasteiger partial charge in [-0.3, -0.25) is 0 Å². The molecule has 2 aliphatic carbocycles. The average Bonchev–Trinajstić information content (AvgIpc) is 3.11. The molecule has 3 aliphatic rings. The molecule has 0 fully saturated rings. The maximum absolute atomic E-state index is 11.4. The van der Waals surface area contributed by atoms with E-state index in [0.717, 1.165) is 85.3 Å². The summed E-state index contributed by atoms with van der Waals surface area (Å²) in [6.07, 6.45) is 18.1. The number of hydrogen-bond donors (Lipinski definition) is 1. The Labute approximate surface area is 327 Å². The number of hydrogen-bond acceptors (Lipinski definition) is 6. The van der Waals surface area contributed by atoms with Gasteiger partial charge in [-0.1, -0.05) is 75.0 Å². The fourth-order valence-corrected chi connectivity index (χ4v) is 8.90. The number of benzene rings is 2. The molecule has 2 aromatic rings. The van der Waals surface area contributed by atoms with Crippen LogP contribution in [0, 0.1) is 11.8 Å². The predicted octanol–water partition coefficient (Wildman–Crippen LogP) is 12.0. The molecule has 1 aliphatic heterocycles. The lowest BCUT2D eigenvalue weighted by Crippen LogP contribution is -2.45. The first-order chi connectivity index (χ1) is 26.0. The van der Waals surface area contributed by atoms with Crippen molar-refractivity contribution in [3.8, 4) is 23.0 Å². The van der Waals surface area contributed by atoms with Gasteiger partial charge in [-0.25, -0.2) is 0 Å². The van der Waals surface area contributed by atoms with Crippen molar-refractivity contribution in [2.24, 2.45) is 11.8 Å². The highest BCUT2D eigenvalue weighted by Crippen LogP contribution is 2.54. The van der Waals surface area contributed by atoms with Gasteiger partial charge in [0.15, 0.2) is 0 Å². The summed E-state index contributed by atoms with van der Waals surface area (Å²) in [6.45, 7) is 22.5. The summed E-state index contributed by atoms with van der Waals surface area (Å²) >= 11 is 0. The molecule has 0 radical (unpaired) electrons. The summed E-state index contributed by atoms with van der Waals surface area (Å²) in [4.78, 5) is 0. The Morgan fingerprint density at radius 2 is 1.28 bits per heavy atom. The van der Waals surface area contributed by atoms with Gasteiger partial charge in [0.1, 0.15) is 41.8 Å². The molecule has 0 spiro atoms. The molecule has 54 heavy (non-hydrogen) atoms. The van der Waals surface area contributed by atoms with Crippen molar-refractivity contribution in [1.82, 2.24) is 0 Å². The smallest absolute Gasteiger partial charge is 0.127 e. The largest absolute Gasteiger partial charge is 0.507 e. The van der Waals surface area contributed by atoms with E-state index < -0.39 is 0 Å². The molecule has 0 saturated carbocycles. The quantitative estimate of drug-likeness (QED) is 0.101. The van der Waals surface area contributed by atoms with E-state index in [1.165, 1.54) is 48.0 Å². The molecule has 0 aromatic heterocycles. The standard InChI is InChI=1S/C48H70O6/c1-9-11-13-15-36-29-42(49)46(39-27-34(5)17-19-38(39)33(3)4)43(30-36)52-25-23-50-21-22-51-24-26-53-44-31-37(16-14-12-10-2)32-45-47(44)40-28-35(6)18-20-41(40)48(7,8)54-45/h27-32,38-41,49H,3,9-26H2,1-2,4-8H3/t38-,39+,40+,41+/m0/s1. The van der Waals surface area contributed by atoms with Crippen molar-refractivity contribution in [2.45, 2.75) is 143 Å². The van der Waals surface area contributed by atoms with E-state index in [-0.39, 0.29) is 17.4 Å². The second kappa shape index (κ2) is 20.1. The Balaban J connectivity index is 1.14. The fourth-order valence-electron chi connectivity index (χ4n) is 8.90. The molecular weight excluding hydrogens is 673 g/mol. The highest BCUT2D eigenvalue weighted by Gasteiger charge is 2.45. The third kappa shape index (κ3) is 11.0. The topological polar surface area (TPSA) is 66.4 Å². The number of aromatic hydroxyl groups is 1. The van der Waals surface area contributed by atoms with E-state index in [4.69, 9.17) is 23.7 Å². The van der Waals surface area contributed by atoms with Gasteiger partial charge in [0.25, 0.3) is 0 Å². The number of aryl methyl sites for hydroxylation is 2. The Morgan fingerprint density at radius 3 is 1.87 bits per heavy atom. The van der Waals surface area contributed by atoms with E-state index in [1.807, 2.05) is 6.07 Å². The molecular formula is C48H70O6. The molecule has 6 heteroatoms. The zero-order valence-corrected chi connectivity index (χ0v) is 34.7. The van der Waals surface area contributed by atoms with Crippen LogP contribution in [0.25, 0.3) is 0 Å². The number of fused-ring (bicyclic) bond motifs is 3. The molecule has 0 unspecified atom stereocenters. The van der Waals surface area contributed by atoms with Crippen LogP contribution >= 0.6 is 0 Å². The first-order valence-electron chi connectivity index (χ1n) is 21.1. The minimum Gasteiger partial charge on any atom is -0.507 e. The summed E-state index contributed by atoms with van der Waals surface area (Å²) < 4.78 is 31.6. The van der Waals surface area contributed by atoms with Crippen LogP contribution < -0.4 is 14.2 Å². The molecule has 0 bridgehead atoms. The maximum Gasteiger partial charge on any atom is 0.127 e. The molecule has 0 amide bonds. The minimum absolute atomic E-state index is 0.0468.